The van der Waals surface area contributed by atoms with Gasteiger partial charge in [-0.15, -0.1) is 24.0 Å². The highest BCUT2D eigenvalue weighted by molar-refractivity contribution is 14.0. The fourth-order valence-corrected chi connectivity index (χ4v) is 2.34. The summed E-state index contributed by atoms with van der Waals surface area (Å²) >= 11 is 0. The molecule has 6 nitrogen and oxygen atoms in total. The maximum absolute atomic E-state index is 11.5. The quantitative estimate of drug-likeness (QED) is 0.365. The number of nitrogens with zero attached hydrogens (tertiary/aromatic N) is 3. The standard InChI is InChI=1S/C15H31N5O.HI/c1-4-16-15(17-9-8-14(21)19(2)3)18-10-13-20-11-6-5-7-12-20;/h4-13H2,1-3H3,(H2,16,17,18);1H. The monoisotopic (exact) mass is 425 g/mol. The van der Waals surface area contributed by atoms with E-state index in [1.807, 2.05) is 6.92 Å². The Morgan fingerprint density at radius 3 is 2.45 bits per heavy atom. The number of likely N-dealkylation sites (tertiary alicyclic amines) is 1. The second-order valence-electron chi connectivity index (χ2n) is 5.63. The van der Waals surface area contributed by atoms with Crippen LogP contribution in [-0.4, -0.2) is 75.0 Å². The van der Waals surface area contributed by atoms with Crippen LogP contribution in [0.1, 0.15) is 32.6 Å². The molecule has 0 aromatic rings. The molecule has 1 aliphatic rings. The third-order valence-electron chi connectivity index (χ3n) is 3.61. The fraction of sp³-hybridized carbons (Fsp3) is 0.867. The maximum Gasteiger partial charge on any atom is 0.223 e. The second-order valence-corrected chi connectivity index (χ2v) is 5.63. The van der Waals surface area contributed by atoms with Crippen LogP contribution in [0.4, 0.5) is 0 Å². The van der Waals surface area contributed by atoms with Crippen LogP contribution in [-0.2, 0) is 4.79 Å². The molecule has 1 heterocycles. The highest BCUT2D eigenvalue weighted by atomic mass is 127. The lowest BCUT2D eigenvalue weighted by atomic mass is 10.1. The highest BCUT2D eigenvalue weighted by Crippen LogP contribution is 2.07. The highest BCUT2D eigenvalue weighted by Gasteiger charge is 2.09. The van der Waals surface area contributed by atoms with Crippen LogP contribution in [0.15, 0.2) is 4.99 Å². The Kier molecular flexibility index (Phi) is 12.6. The van der Waals surface area contributed by atoms with Crippen molar-refractivity contribution in [3.63, 3.8) is 0 Å². The Balaban J connectivity index is 0.00000441. The van der Waals surface area contributed by atoms with E-state index in [1.54, 1.807) is 19.0 Å². The molecule has 0 spiro atoms. The van der Waals surface area contributed by atoms with Gasteiger partial charge in [-0.25, -0.2) is 0 Å². The summed E-state index contributed by atoms with van der Waals surface area (Å²) in [6.45, 7) is 7.73. The van der Waals surface area contributed by atoms with E-state index in [9.17, 15) is 4.79 Å². The summed E-state index contributed by atoms with van der Waals surface area (Å²) in [6.07, 6.45) is 4.48. The van der Waals surface area contributed by atoms with Gasteiger partial charge in [-0.1, -0.05) is 6.42 Å². The van der Waals surface area contributed by atoms with Gasteiger partial charge in [0.05, 0.1) is 6.54 Å². The van der Waals surface area contributed by atoms with Crippen molar-refractivity contribution >= 4 is 35.8 Å². The largest absolute Gasteiger partial charge is 0.357 e. The molecule has 0 bridgehead atoms. The third kappa shape index (κ3) is 9.45. The number of hydrogen-bond acceptors (Lipinski definition) is 3. The van der Waals surface area contributed by atoms with E-state index in [2.05, 4.69) is 20.5 Å². The number of carbonyl (C=O) groups excluding carboxylic acids is 1. The van der Waals surface area contributed by atoms with Gasteiger partial charge in [0.1, 0.15) is 0 Å². The van der Waals surface area contributed by atoms with Crippen LogP contribution in [0.5, 0.6) is 0 Å². The normalized spacial score (nSPS) is 15.9. The average Bonchev–Trinajstić information content (AvgIpc) is 2.48. The molecule has 1 saturated heterocycles. The number of aliphatic imine (C=N–C) groups is 1. The zero-order valence-electron chi connectivity index (χ0n) is 14.2. The van der Waals surface area contributed by atoms with Crippen LogP contribution in [0, 0.1) is 0 Å². The minimum atomic E-state index is 0. The van der Waals surface area contributed by atoms with Gasteiger partial charge < -0.3 is 20.4 Å². The molecule has 0 aliphatic carbocycles. The lowest BCUT2D eigenvalue weighted by molar-refractivity contribution is -0.128. The molecule has 0 unspecified atom stereocenters. The molecule has 2 N–H and O–H groups in total. The first-order chi connectivity index (χ1) is 10.1. The summed E-state index contributed by atoms with van der Waals surface area (Å²) in [5, 5.41) is 6.44. The number of hydrogen-bond donors (Lipinski definition) is 2. The van der Waals surface area contributed by atoms with Crippen molar-refractivity contribution in [2.24, 2.45) is 4.99 Å². The molecule has 1 aliphatic heterocycles. The van der Waals surface area contributed by atoms with Crippen LogP contribution >= 0.6 is 24.0 Å². The van der Waals surface area contributed by atoms with E-state index in [4.69, 9.17) is 0 Å². The lowest BCUT2D eigenvalue weighted by Gasteiger charge is -2.25. The van der Waals surface area contributed by atoms with E-state index >= 15 is 0 Å². The maximum atomic E-state index is 11.5. The van der Waals surface area contributed by atoms with Crippen molar-refractivity contribution in [3.05, 3.63) is 0 Å². The van der Waals surface area contributed by atoms with Gasteiger partial charge in [-0.3, -0.25) is 9.79 Å². The first kappa shape index (κ1) is 21.4. The summed E-state index contributed by atoms with van der Waals surface area (Å²) < 4.78 is 0. The van der Waals surface area contributed by atoms with Gasteiger partial charge in [0.15, 0.2) is 5.96 Å². The van der Waals surface area contributed by atoms with Crippen molar-refractivity contribution in [1.29, 1.82) is 0 Å². The van der Waals surface area contributed by atoms with Gasteiger partial charge in [-0.2, -0.15) is 0 Å². The zero-order valence-corrected chi connectivity index (χ0v) is 16.6. The van der Waals surface area contributed by atoms with E-state index in [0.717, 1.165) is 25.6 Å². The Morgan fingerprint density at radius 2 is 1.86 bits per heavy atom. The minimum Gasteiger partial charge on any atom is -0.357 e. The molecule has 7 heteroatoms. The van der Waals surface area contributed by atoms with Gasteiger partial charge in [-0.05, 0) is 32.9 Å². The van der Waals surface area contributed by atoms with Crippen molar-refractivity contribution in [2.45, 2.75) is 32.6 Å². The number of carbonyl (C=O) groups is 1. The SMILES string of the molecule is CCNC(=NCCN1CCCCC1)NCCC(=O)N(C)C.I. The number of piperidine rings is 1. The lowest BCUT2D eigenvalue weighted by Crippen LogP contribution is -2.40. The number of halogens is 1. The molecule has 1 fully saturated rings. The first-order valence-electron chi connectivity index (χ1n) is 8.08. The van der Waals surface area contributed by atoms with Gasteiger partial charge in [0, 0.05) is 40.2 Å². The van der Waals surface area contributed by atoms with Crippen molar-refractivity contribution in [2.75, 3.05) is 53.4 Å². The molecule has 130 valence electrons. The first-order valence-corrected chi connectivity index (χ1v) is 8.08. The minimum absolute atomic E-state index is 0. The number of nitrogens with one attached hydrogen (secondary N) is 2. The predicted molar refractivity (Wildman–Crippen MR) is 103 cm³/mol. The van der Waals surface area contributed by atoms with Crippen LogP contribution in [0.2, 0.25) is 0 Å². The summed E-state index contributed by atoms with van der Waals surface area (Å²) in [5.41, 5.74) is 0. The molecule has 1 amide bonds. The van der Waals surface area contributed by atoms with Crippen molar-refractivity contribution in [3.8, 4) is 0 Å². The van der Waals surface area contributed by atoms with E-state index in [-0.39, 0.29) is 29.9 Å². The molecule has 0 atom stereocenters. The molecule has 22 heavy (non-hydrogen) atoms. The van der Waals surface area contributed by atoms with E-state index in [1.165, 1.54) is 32.4 Å². The van der Waals surface area contributed by atoms with Gasteiger partial charge >= 0.3 is 0 Å². The van der Waals surface area contributed by atoms with Gasteiger partial charge in [0.2, 0.25) is 5.91 Å². The molecule has 1 rings (SSSR count). The summed E-state index contributed by atoms with van der Waals surface area (Å²) in [5.74, 6) is 0.938. The van der Waals surface area contributed by atoms with Crippen molar-refractivity contribution in [1.82, 2.24) is 20.4 Å². The molecule has 0 aromatic heterocycles. The molecule has 0 saturated carbocycles. The Labute approximate surface area is 152 Å². The van der Waals surface area contributed by atoms with Crippen LogP contribution in [0.25, 0.3) is 0 Å². The summed E-state index contributed by atoms with van der Waals surface area (Å²) in [7, 11) is 3.56. The third-order valence-corrected chi connectivity index (χ3v) is 3.61. The summed E-state index contributed by atoms with van der Waals surface area (Å²) in [6, 6.07) is 0. The average molecular weight is 425 g/mol. The Morgan fingerprint density at radius 1 is 1.18 bits per heavy atom. The number of guanidine groups is 1. The number of rotatable bonds is 7. The number of amides is 1. The second kappa shape index (κ2) is 12.9. The Hall–Kier alpha value is -0.570. The van der Waals surface area contributed by atoms with Gasteiger partial charge in [0.25, 0.3) is 0 Å². The summed E-state index contributed by atoms with van der Waals surface area (Å²) in [4.78, 5) is 20.2. The fourth-order valence-electron chi connectivity index (χ4n) is 2.34. The zero-order chi connectivity index (χ0) is 15.5. The molecular formula is C15H32IN5O. The predicted octanol–water partition coefficient (Wildman–Crippen LogP) is 1.12. The molecule has 0 radical (unpaired) electrons. The molecular weight excluding hydrogens is 393 g/mol. The van der Waals surface area contributed by atoms with Crippen LogP contribution < -0.4 is 10.6 Å². The van der Waals surface area contributed by atoms with E-state index in [0.29, 0.717) is 13.0 Å². The van der Waals surface area contributed by atoms with Crippen LogP contribution in [0.3, 0.4) is 0 Å². The molecule has 0 aromatic carbocycles. The topological polar surface area (TPSA) is 60.0 Å². The Bertz CT molecular complexity index is 330. The smallest absolute Gasteiger partial charge is 0.223 e. The van der Waals surface area contributed by atoms with E-state index < -0.39 is 0 Å². The van der Waals surface area contributed by atoms with Crippen molar-refractivity contribution < 1.29 is 4.79 Å².